The van der Waals surface area contributed by atoms with E-state index >= 15 is 0 Å². The molecule has 2 aliphatic rings. The Morgan fingerprint density at radius 3 is 2.23 bits per heavy atom. The third-order valence-corrected chi connectivity index (χ3v) is 4.33. The molecule has 0 aliphatic carbocycles. The van der Waals surface area contributed by atoms with Crippen molar-refractivity contribution in [2.45, 2.75) is 26.7 Å². The number of carbonyl (C=O) groups is 3. The highest BCUT2D eigenvalue weighted by atomic mass is 16.6. The van der Waals surface area contributed by atoms with E-state index in [2.05, 4.69) is 0 Å². The summed E-state index contributed by atoms with van der Waals surface area (Å²) < 4.78 is 4.97. The van der Waals surface area contributed by atoms with Crippen LogP contribution in [0.4, 0.5) is 4.79 Å². The molecule has 22 heavy (non-hydrogen) atoms. The van der Waals surface area contributed by atoms with Gasteiger partial charge in [-0.1, -0.05) is 0 Å². The Bertz CT molecular complexity index is 433. The Kier molecular flexibility index (Phi) is 5.63. The number of hydrogen-bond acceptors (Lipinski definition) is 4. The Hall–Kier alpha value is -1.79. The first-order chi connectivity index (χ1) is 10.5. The molecule has 7 nitrogen and oxygen atoms in total. The second-order valence-corrected chi connectivity index (χ2v) is 5.82. The van der Waals surface area contributed by atoms with E-state index in [4.69, 9.17) is 4.74 Å². The molecule has 1 unspecified atom stereocenters. The third-order valence-electron chi connectivity index (χ3n) is 4.33. The van der Waals surface area contributed by atoms with E-state index in [1.807, 2.05) is 4.90 Å². The fraction of sp³-hybridized carbons (Fsp3) is 0.800. The van der Waals surface area contributed by atoms with Gasteiger partial charge in [-0.25, -0.2) is 4.79 Å². The van der Waals surface area contributed by atoms with Crippen molar-refractivity contribution in [1.29, 1.82) is 0 Å². The van der Waals surface area contributed by atoms with Gasteiger partial charge in [0.05, 0.1) is 12.5 Å². The van der Waals surface area contributed by atoms with Gasteiger partial charge < -0.3 is 19.4 Å². The fourth-order valence-corrected chi connectivity index (χ4v) is 3.05. The van der Waals surface area contributed by atoms with Crippen LogP contribution in [-0.4, -0.2) is 78.5 Å². The Morgan fingerprint density at radius 1 is 1.00 bits per heavy atom. The van der Waals surface area contributed by atoms with Crippen LogP contribution in [0.15, 0.2) is 0 Å². The molecule has 3 amide bonds. The molecule has 0 bridgehead atoms. The van der Waals surface area contributed by atoms with Gasteiger partial charge in [-0.3, -0.25) is 9.59 Å². The molecule has 0 aromatic heterocycles. The van der Waals surface area contributed by atoms with Crippen molar-refractivity contribution in [2.75, 3.05) is 45.9 Å². The summed E-state index contributed by atoms with van der Waals surface area (Å²) >= 11 is 0. The molecule has 0 spiro atoms. The highest BCUT2D eigenvalue weighted by Gasteiger charge is 2.32. The molecule has 7 heteroatoms. The van der Waals surface area contributed by atoms with Crippen molar-refractivity contribution in [3.05, 3.63) is 0 Å². The second kappa shape index (κ2) is 7.47. The molecule has 0 radical (unpaired) electrons. The van der Waals surface area contributed by atoms with E-state index in [0.29, 0.717) is 39.3 Å². The standard InChI is InChI=1S/C15H25N3O4/c1-3-22-15(21)17-9-7-16(8-10-17)14(20)13-5-4-6-18(11-13)12(2)19/h13H,3-11H2,1-2H3. The summed E-state index contributed by atoms with van der Waals surface area (Å²) in [6, 6.07) is 0. The van der Waals surface area contributed by atoms with Crippen LogP contribution in [-0.2, 0) is 14.3 Å². The summed E-state index contributed by atoms with van der Waals surface area (Å²) in [4.78, 5) is 40.9. The largest absolute Gasteiger partial charge is 0.450 e. The van der Waals surface area contributed by atoms with Crippen LogP contribution in [0.5, 0.6) is 0 Å². The normalized spacial score (nSPS) is 22.5. The molecule has 2 rings (SSSR count). The van der Waals surface area contributed by atoms with Crippen molar-refractivity contribution in [3.8, 4) is 0 Å². The van der Waals surface area contributed by atoms with Crippen LogP contribution >= 0.6 is 0 Å². The van der Waals surface area contributed by atoms with Crippen molar-refractivity contribution in [3.63, 3.8) is 0 Å². The number of carbonyl (C=O) groups excluding carboxylic acids is 3. The molecule has 2 saturated heterocycles. The smallest absolute Gasteiger partial charge is 0.409 e. The van der Waals surface area contributed by atoms with Gasteiger partial charge >= 0.3 is 6.09 Å². The predicted octanol–water partition coefficient (Wildman–Crippen LogP) is 0.546. The maximum atomic E-state index is 12.6. The Balaban J connectivity index is 1.84. The van der Waals surface area contributed by atoms with Crippen LogP contribution in [0.3, 0.4) is 0 Å². The lowest BCUT2D eigenvalue weighted by atomic mass is 9.96. The van der Waals surface area contributed by atoms with Crippen LogP contribution in [0.2, 0.25) is 0 Å². The van der Waals surface area contributed by atoms with E-state index in [1.165, 1.54) is 0 Å². The fourth-order valence-electron chi connectivity index (χ4n) is 3.05. The van der Waals surface area contributed by atoms with E-state index in [1.54, 1.807) is 23.6 Å². The van der Waals surface area contributed by atoms with Crippen LogP contribution in [0.1, 0.15) is 26.7 Å². The summed E-state index contributed by atoms with van der Waals surface area (Å²) in [6.07, 6.45) is 1.40. The zero-order valence-electron chi connectivity index (χ0n) is 13.4. The molecule has 124 valence electrons. The minimum absolute atomic E-state index is 0.0321. The van der Waals surface area contributed by atoms with Gasteiger partial charge in [0, 0.05) is 46.2 Å². The molecule has 0 aromatic rings. The van der Waals surface area contributed by atoms with Crippen molar-refractivity contribution >= 4 is 17.9 Å². The molecule has 0 saturated carbocycles. The highest BCUT2D eigenvalue weighted by Crippen LogP contribution is 2.20. The summed E-state index contributed by atoms with van der Waals surface area (Å²) in [7, 11) is 0. The SMILES string of the molecule is CCOC(=O)N1CCN(C(=O)C2CCCN(C(C)=O)C2)CC1. The van der Waals surface area contributed by atoms with Crippen molar-refractivity contribution < 1.29 is 19.1 Å². The lowest BCUT2D eigenvalue weighted by Gasteiger charge is -2.38. The summed E-state index contributed by atoms with van der Waals surface area (Å²) in [5.74, 6) is 0.0332. The Labute approximate surface area is 131 Å². The summed E-state index contributed by atoms with van der Waals surface area (Å²) in [5.41, 5.74) is 0. The topological polar surface area (TPSA) is 70.2 Å². The van der Waals surface area contributed by atoms with Crippen LogP contribution < -0.4 is 0 Å². The zero-order chi connectivity index (χ0) is 16.1. The zero-order valence-corrected chi connectivity index (χ0v) is 13.4. The summed E-state index contributed by atoms with van der Waals surface area (Å²) in [5, 5.41) is 0. The lowest BCUT2D eigenvalue weighted by Crippen LogP contribution is -2.54. The molecule has 0 aromatic carbocycles. The number of hydrogen-bond donors (Lipinski definition) is 0. The van der Waals surface area contributed by atoms with Gasteiger partial charge in [0.15, 0.2) is 0 Å². The van der Waals surface area contributed by atoms with Crippen molar-refractivity contribution in [1.82, 2.24) is 14.7 Å². The average molecular weight is 311 g/mol. The average Bonchev–Trinajstić information content (AvgIpc) is 2.54. The van der Waals surface area contributed by atoms with Gasteiger partial charge in [-0.15, -0.1) is 0 Å². The van der Waals surface area contributed by atoms with E-state index in [0.717, 1.165) is 19.4 Å². The number of ether oxygens (including phenoxy) is 1. The van der Waals surface area contributed by atoms with E-state index in [-0.39, 0.29) is 23.8 Å². The quantitative estimate of drug-likeness (QED) is 0.746. The van der Waals surface area contributed by atoms with Gasteiger partial charge in [-0.05, 0) is 19.8 Å². The number of likely N-dealkylation sites (tertiary alicyclic amines) is 1. The minimum Gasteiger partial charge on any atom is -0.450 e. The van der Waals surface area contributed by atoms with Gasteiger partial charge in [0.1, 0.15) is 0 Å². The molecule has 0 N–H and O–H groups in total. The van der Waals surface area contributed by atoms with E-state index in [9.17, 15) is 14.4 Å². The first kappa shape index (κ1) is 16.6. The number of nitrogens with zero attached hydrogens (tertiary/aromatic N) is 3. The second-order valence-electron chi connectivity index (χ2n) is 5.82. The first-order valence-electron chi connectivity index (χ1n) is 7.99. The molecule has 2 heterocycles. The maximum absolute atomic E-state index is 12.6. The monoisotopic (exact) mass is 311 g/mol. The molecular weight excluding hydrogens is 286 g/mol. The number of amides is 3. The predicted molar refractivity (Wildman–Crippen MR) is 80.2 cm³/mol. The number of piperidine rings is 1. The Morgan fingerprint density at radius 2 is 1.64 bits per heavy atom. The molecule has 2 fully saturated rings. The third kappa shape index (κ3) is 3.90. The minimum atomic E-state index is -0.310. The first-order valence-corrected chi connectivity index (χ1v) is 7.99. The van der Waals surface area contributed by atoms with Crippen LogP contribution in [0, 0.1) is 5.92 Å². The van der Waals surface area contributed by atoms with Crippen molar-refractivity contribution in [2.24, 2.45) is 5.92 Å². The summed E-state index contributed by atoms with van der Waals surface area (Å²) in [6.45, 7) is 7.04. The highest BCUT2D eigenvalue weighted by molar-refractivity contribution is 5.81. The molecular formula is C15H25N3O4. The number of rotatable bonds is 2. The molecule has 2 aliphatic heterocycles. The number of piperazine rings is 1. The van der Waals surface area contributed by atoms with Gasteiger partial charge in [0.2, 0.25) is 11.8 Å². The van der Waals surface area contributed by atoms with E-state index < -0.39 is 0 Å². The lowest BCUT2D eigenvalue weighted by molar-refractivity contribution is -0.141. The molecule has 1 atom stereocenters. The van der Waals surface area contributed by atoms with Crippen LogP contribution in [0.25, 0.3) is 0 Å². The maximum Gasteiger partial charge on any atom is 0.409 e. The van der Waals surface area contributed by atoms with Gasteiger partial charge in [-0.2, -0.15) is 0 Å². The van der Waals surface area contributed by atoms with Gasteiger partial charge in [0.25, 0.3) is 0 Å².